The monoisotopic (exact) mass is 387 g/mol. The molecule has 0 radical (unpaired) electrons. The summed E-state index contributed by atoms with van der Waals surface area (Å²) in [5.74, 6) is 1.22. The van der Waals surface area contributed by atoms with Gasteiger partial charge in [0, 0.05) is 19.5 Å². The van der Waals surface area contributed by atoms with Crippen molar-refractivity contribution in [1.82, 2.24) is 4.90 Å². The SMILES string of the molecule is O=S(=O)(CC1Cc2ccccc2O1)OCN1CCC(c2ccccc2)CC1. The molecule has 0 aliphatic carbocycles. The standard InChI is InChI=1S/C21H25NO4S/c23-27(24,15-20-14-19-8-4-5-9-21(19)26-20)25-16-22-12-10-18(11-13-22)17-6-2-1-3-7-17/h1-9,18,20H,10-16H2. The van der Waals surface area contributed by atoms with Gasteiger partial charge in [0.05, 0.1) is 0 Å². The van der Waals surface area contributed by atoms with Crippen molar-refractivity contribution in [2.75, 3.05) is 25.6 Å². The number of fused-ring (bicyclic) bond motifs is 1. The molecule has 6 heteroatoms. The van der Waals surface area contributed by atoms with Gasteiger partial charge in [0.1, 0.15) is 24.3 Å². The van der Waals surface area contributed by atoms with E-state index in [1.54, 1.807) is 0 Å². The summed E-state index contributed by atoms with van der Waals surface area (Å²) < 4.78 is 35.7. The first-order valence-corrected chi connectivity index (χ1v) is 11.1. The van der Waals surface area contributed by atoms with E-state index in [9.17, 15) is 8.42 Å². The first-order valence-electron chi connectivity index (χ1n) is 9.48. The van der Waals surface area contributed by atoms with Crippen LogP contribution in [0.3, 0.4) is 0 Å². The van der Waals surface area contributed by atoms with E-state index in [1.807, 2.05) is 30.3 Å². The van der Waals surface area contributed by atoms with Gasteiger partial charge in [-0.25, -0.2) is 0 Å². The van der Waals surface area contributed by atoms with Gasteiger partial charge in [0.15, 0.2) is 0 Å². The average Bonchev–Trinajstić information content (AvgIpc) is 3.09. The molecule has 1 saturated heterocycles. The minimum Gasteiger partial charge on any atom is -0.489 e. The highest BCUT2D eigenvalue weighted by Crippen LogP contribution is 2.29. The molecule has 1 unspecified atom stereocenters. The fraction of sp³-hybridized carbons (Fsp3) is 0.429. The summed E-state index contributed by atoms with van der Waals surface area (Å²) in [7, 11) is -3.61. The van der Waals surface area contributed by atoms with Crippen LogP contribution in [-0.4, -0.2) is 45.0 Å². The van der Waals surface area contributed by atoms with Crippen molar-refractivity contribution in [3.05, 3.63) is 65.7 Å². The largest absolute Gasteiger partial charge is 0.489 e. The second-order valence-corrected chi connectivity index (χ2v) is 9.01. The fourth-order valence-corrected chi connectivity index (χ4v) is 4.95. The van der Waals surface area contributed by atoms with Gasteiger partial charge in [-0.3, -0.25) is 9.08 Å². The summed E-state index contributed by atoms with van der Waals surface area (Å²) in [5, 5.41) is 0. The molecule has 1 fully saturated rings. The van der Waals surface area contributed by atoms with E-state index in [-0.39, 0.29) is 18.6 Å². The molecule has 2 aliphatic rings. The number of para-hydroxylation sites is 1. The quantitative estimate of drug-likeness (QED) is 0.713. The molecule has 2 aromatic rings. The Morgan fingerprint density at radius 2 is 1.70 bits per heavy atom. The lowest BCUT2D eigenvalue weighted by Gasteiger charge is -2.31. The lowest BCUT2D eigenvalue weighted by Crippen LogP contribution is -2.36. The van der Waals surface area contributed by atoms with E-state index in [2.05, 4.69) is 29.2 Å². The number of benzene rings is 2. The van der Waals surface area contributed by atoms with Crippen LogP contribution < -0.4 is 4.74 Å². The number of rotatable bonds is 6. The highest BCUT2D eigenvalue weighted by Gasteiger charge is 2.29. The third-order valence-electron chi connectivity index (χ3n) is 5.38. The zero-order valence-electron chi connectivity index (χ0n) is 15.3. The molecule has 2 aromatic carbocycles. The first-order chi connectivity index (χ1) is 13.1. The molecule has 2 aliphatic heterocycles. The molecule has 2 heterocycles. The van der Waals surface area contributed by atoms with Crippen LogP contribution in [0.4, 0.5) is 0 Å². The molecule has 5 nitrogen and oxygen atoms in total. The van der Waals surface area contributed by atoms with Gasteiger partial charge in [-0.05, 0) is 36.0 Å². The van der Waals surface area contributed by atoms with Crippen LogP contribution in [0, 0.1) is 0 Å². The molecule has 144 valence electrons. The van der Waals surface area contributed by atoms with Crippen molar-refractivity contribution in [1.29, 1.82) is 0 Å². The van der Waals surface area contributed by atoms with E-state index < -0.39 is 10.1 Å². The maximum absolute atomic E-state index is 12.3. The van der Waals surface area contributed by atoms with Crippen molar-refractivity contribution in [3.8, 4) is 5.75 Å². The Bertz CT molecular complexity index is 836. The Balaban J connectivity index is 1.23. The van der Waals surface area contributed by atoms with Gasteiger partial charge in [-0.15, -0.1) is 0 Å². The summed E-state index contributed by atoms with van der Waals surface area (Å²) in [6.07, 6.45) is 2.29. The molecule has 0 spiro atoms. The van der Waals surface area contributed by atoms with Crippen LogP contribution in [0.1, 0.15) is 29.9 Å². The predicted octanol–water partition coefficient (Wildman–Crippen LogP) is 3.17. The zero-order chi connectivity index (χ0) is 18.7. The van der Waals surface area contributed by atoms with Crippen molar-refractivity contribution >= 4 is 10.1 Å². The highest BCUT2D eigenvalue weighted by molar-refractivity contribution is 7.86. The third-order valence-corrected chi connectivity index (χ3v) is 6.62. The number of hydrogen-bond acceptors (Lipinski definition) is 5. The number of hydrogen-bond donors (Lipinski definition) is 0. The molecule has 0 amide bonds. The highest BCUT2D eigenvalue weighted by atomic mass is 32.2. The van der Waals surface area contributed by atoms with E-state index >= 15 is 0 Å². The third kappa shape index (κ3) is 4.69. The number of likely N-dealkylation sites (tertiary alicyclic amines) is 1. The molecule has 27 heavy (non-hydrogen) atoms. The zero-order valence-corrected chi connectivity index (χ0v) is 16.1. The maximum atomic E-state index is 12.3. The van der Waals surface area contributed by atoms with Crippen molar-refractivity contribution in [3.63, 3.8) is 0 Å². The predicted molar refractivity (Wildman–Crippen MR) is 104 cm³/mol. The van der Waals surface area contributed by atoms with Gasteiger partial charge < -0.3 is 4.74 Å². The van der Waals surface area contributed by atoms with E-state index in [0.29, 0.717) is 12.3 Å². The Morgan fingerprint density at radius 3 is 2.44 bits per heavy atom. The topological polar surface area (TPSA) is 55.8 Å². The van der Waals surface area contributed by atoms with Crippen molar-refractivity contribution in [2.24, 2.45) is 0 Å². The Labute approximate surface area is 161 Å². The molecule has 0 aromatic heterocycles. The molecule has 0 saturated carbocycles. The Morgan fingerprint density at radius 1 is 1.00 bits per heavy atom. The lowest BCUT2D eigenvalue weighted by atomic mass is 9.90. The maximum Gasteiger partial charge on any atom is 0.272 e. The normalized spacial score (nSPS) is 21.0. The second kappa shape index (κ2) is 8.00. The van der Waals surface area contributed by atoms with Crippen molar-refractivity contribution < 1.29 is 17.3 Å². The van der Waals surface area contributed by atoms with Gasteiger partial charge in [-0.2, -0.15) is 8.42 Å². The molecular weight excluding hydrogens is 362 g/mol. The van der Waals surface area contributed by atoms with Crippen LogP contribution in [0.2, 0.25) is 0 Å². The lowest BCUT2D eigenvalue weighted by molar-refractivity contribution is 0.103. The minimum atomic E-state index is -3.61. The number of piperidine rings is 1. The summed E-state index contributed by atoms with van der Waals surface area (Å²) in [6, 6.07) is 18.2. The fourth-order valence-electron chi connectivity index (χ4n) is 3.90. The second-order valence-electron chi connectivity index (χ2n) is 7.33. The van der Waals surface area contributed by atoms with E-state index in [0.717, 1.165) is 37.2 Å². The molecule has 4 rings (SSSR count). The number of nitrogens with zero attached hydrogens (tertiary/aromatic N) is 1. The number of ether oxygens (including phenoxy) is 1. The van der Waals surface area contributed by atoms with E-state index in [4.69, 9.17) is 8.92 Å². The first kappa shape index (κ1) is 18.5. The smallest absolute Gasteiger partial charge is 0.272 e. The molecule has 1 atom stereocenters. The van der Waals surface area contributed by atoms with Crippen molar-refractivity contribution in [2.45, 2.75) is 31.3 Å². The summed E-state index contributed by atoms with van der Waals surface area (Å²) in [4.78, 5) is 2.07. The van der Waals surface area contributed by atoms with Gasteiger partial charge in [0.25, 0.3) is 10.1 Å². The Hall–Kier alpha value is -1.89. The Kier molecular flexibility index (Phi) is 5.48. The average molecular weight is 388 g/mol. The van der Waals surface area contributed by atoms with Crippen LogP contribution in [0.5, 0.6) is 5.75 Å². The minimum absolute atomic E-state index is 0.109. The summed E-state index contributed by atoms with van der Waals surface area (Å²) >= 11 is 0. The summed E-state index contributed by atoms with van der Waals surface area (Å²) in [5.41, 5.74) is 2.42. The van der Waals surface area contributed by atoms with Crippen LogP contribution >= 0.6 is 0 Å². The van der Waals surface area contributed by atoms with Crippen LogP contribution in [-0.2, 0) is 20.7 Å². The van der Waals surface area contributed by atoms with Gasteiger partial charge in [-0.1, -0.05) is 48.5 Å². The van der Waals surface area contributed by atoms with E-state index in [1.165, 1.54) is 5.56 Å². The van der Waals surface area contributed by atoms with Crippen LogP contribution in [0.15, 0.2) is 54.6 Å². The van der Waals surface area contributed by atoms with Gasteiger partial charge >= 0.3 is 0 Å². The molecule has 0 bridgehead atoms. The summed E-state index contributed by atoms with van der Waals surface area (Å²) in [6.45, 7) is 1.82. The van der Waals surface area contributed by atoms with Crippen LogP contribution in [0.25, 0.3) is 0 Å². The molecule has 0 N–H and O–H groups in total. The molecular formula is C21H25NO4S. The van der Waals surface area contributed by atoms with Gasteiger partial charge in [0.2, 0.25) is 0 Å².